The fourth-order valence-corrected chi connectivity index (χ4v) is 5.15. The molecule has 4 heteroatoms. The quantitative estimate of drug-likeness (QED) is 0.264. The number of anilines is 2. The van der Waals surface area contributed by atoms with Crippen LogP contribution >= 0.6 is 11.6 Å². The van der Waals surface area contributed by atoms with Gasteiger partial charge in [0, 0.05) is 39.4 Å². The number of aromatic nitrogens is 1. The van der Waals surface area contributed by atoms with Gasteiger partial charge < -0.3 is 10.2 Å². The molecule has 4 aromatic rings. The Hall–Kier alpha value is -4.08. The minimum absolute atomic E-state index is 0.595. The summed E-state index contributed by atoms with van der Waals surface area (Å²) in [6.07, 6.45) is 9.71. The van der Waals surface area contributed by atoms with Gasteiger partial charge in [-0.15, -0.1) is 0 Å². The third-order valence-corrected chi connectivity index (χ3v) is 7.02. The Kier molecular flexibility index (Phi) is 7.48. The summed E-state index contributed by atoms with van der Waals surface area (Å²) >= 11 is 6.07. The number of aryl methyl sites for hydroxylation is 1. The normalized spacial score (nSPS) is 14.4. The minimum atomic E-state index is 0.595. The second kappa shape index (κ2) is 11.1. The molecule has 1 aliphatic rings. The van der Waals surface area contributed by atoms with Crippen molar-refractivity contribution in [2.24, 2.45) is 0 Å². The smallest absolute Gasteiger partial charge is 0.0676 e. The SMILES string of the molecule is C=C(CN1C=C(/C(=C\C)c2ccc3ccccc3c2)C(=CCC)c2cc(C)ncc21)Nc1ccc(Cl)cc1. The highest BCUT2D eigenvalue weighted by molar-refractivity contribution is 6.30. The van der Waals surface area contributed by atoms with Crippen molar-refractivity contribution in [1.29, 1.82) is 0 Å². The van der Waals surface area contributed by atoms with Crippen molar-refractivity contribution in [3.63, 3.8) is 0 Å². The number of nitrogens with zero attached hydrogens (tertiary/aromatic N) is 2. The van der Waals surface area contributed by atoms with Crippen LogP contribution in [0, 0.1) is 6.92 Å². The monoisotopic (exact) mass is 517 g/mol. The average molecular weight is 518 g/mol. The fourth-order valence-electron chi connectivity index (χ4n) is 5.02. The number of pyridine rings is 1. The number of rotatable bonds is 7. The zero-order valence-electron chi connectivity index (χ0n) is 22.1. The van der Waals surface area contributed by atoms with Crippen LogP contribution in [-0.2, 0) is 0 Å². The molecule has 1 N–H and O–H groups in total. The van der Waals surface area contributed by atoms with Crippen molar-refractivity contribution < 1.29 is 0 Å². The Morgan fingerprint density at radius 1 is 1.03 bits per heavy atom. The molecule has 1 aromatic heterocycles. The molecule has 190 valence electrons. The molecule has 0 radical (unpaired) electrons. The summed E-state index contributed by atoms with van der Waals surface area (Å²) in [6.45, 7) is 11.3. The van der Waals surface area contributed by atoms with Crippen LogP contribution < -0.4 is 10.2 Å². The van der Waals surface area contributed by atoms with E-state index >= 15 is 0 Å². The van der Waals surface area contributed by atoms with Crippen molar-refractivity contribution in [1.82, 2.24) is 4.98 Å². The van der Waals surface area contributed by atoms with Gasteiger partial charge in [0.05, 0.1) is 18.4 Å². The molecule has 3 nitrogen and oxygen atoms in total. The van der Waals surface area contributed by atoms with Gasteiger partial charge in [-0.05, 0) is 84.1 Å². The zero-order valence-corrected chi connectivity index (χ0v) is 22.9. The third-order valence-electron chi connectivity index (χ3n) is 6.77. The van der Waals surface area contributed by atoms with Crippen LogP contribution in [0.2, 0.25) is 5.02 Å². The largest absolute Gasteiger partial charge is 0.358 e. The van der Waals surface area contributed by atoms with Crippen molar-refractivity contribution in [3.05, 3.63) is 137 Å². The first-order chi connectivity index (χ1) is 18.5. The minimum Gasteiger partial charge on any atom is -0.358 e. The molecule has 0 aliphatic carbocycles. The Morgan fingerprint density at radius 2 is 1.79 bits per heavy atom. The maximum Gasteiger partial charge on any atom is 0.0676 e. The van der Waals surface area contributed by atoms with Gasteiger partial charge in [0.1, 0.15) is 0 Å². The molecule has 0 unspecified atom stereocenters. The second-order valence-corrected chi connectivity index (χ2v) is 9.98. The lowest BCUT2D eigenvalue weighted by Gasteiger charge is -2.33. The molecule has 3 aromatic carbocycles. The first-order valence-corrected chi connectivity index (χ1v) is 13.4. The van der Waals surface area contributed by atoms with E-state index in [1.807, 2.05) is 37.4 Å². The van der Waals surface area contributed by atoms with E-state index in [9.17, 15) is 0 Å². The van der Waals surface area contributed by atoms with Gasteiger partial charge in [-0.3, -0.25) is 4.98 Å². The van der Waals surface area contributed by atoms with Crippen LogP contribution in [0.4, 0.5) is 11.4 Å². The number of fused-ring (bicyclic) bond motifs is 2. The van der Waals surface area contributed by atoms with Gasteiger partial charge in [-0.25, -0.2) is 0 Å². The van der Waals surface area contributed by atoms with Crippen molar-refractivity contribution in [3.8, 4) is 0 Å². The predicted molar refractivity (Wildman–Crippen MR) is 164 cm³/mol. The maximum absolute atomic E-state index is 6.07. The van der Waals surface area contributed by atoms with E-state index in [0.29, 0.717) is 11.6 Å². The molecule has 0 bridgehead atoms. The number of hydrogen-bond acceptors (Lipinski definition) is 3. The number of hydrogen-bond donors (Lipinski definition) is 1. The number of halogens is 1. The van der Waals surface area contributed by atoms with Crippen molar-refractivity contribution in [2.45, 2.75) is 27.2 Å². The maximum atomic E-state index is 6.07. The Balaban J connectivity index is 1.57. The van der Waals surface area contributed by atoms with Gasteiger partial charge in [0.15, 0.2) is 0 Å². The molecule has 0 saturated carbocycles. The second-order valence-electron chi connectivity index (χ2n) is 9.54. The predicted octanol–water partition coefficient (Wildman–Crippen LogP) is 9.42. The summed E-state index contributed by atoms with van der Waals surface area (Å²) < 4.78 is 0. The van der Waals surface area contributed by atoms with E-state index in [1.165, 1.54) is 38.6 Å². The highest BCUT2D eigenvalue weighted by atomic mass is 35.5. The van der Waals surface area contributed by atoms with Gasteiger partial charge in [-0.2, -0.15) is 0 Å². The Morgan fingerprint density at radius 3 is 2.53 bits per heavy atom. The fraction of sp³-hybridized carbons (Fsp3) is 0.147. The molecule has 5 rings (SSSR count). The number of allylic oxidation sites excluding steroid dienone is 5. The van der Waals surface area contributed by atoms with Gasteiger partial charge in [0.25, 0.3) is 0 Å². The lowest BCUT2D eigenvalue weighted by Crippen LogP contribution is -2.26. The van der Waals surface area contributed by atoms with Crippen LogP contribution in [0.25, 0.3) is 21.9 Å². The van der Waals surface area contributed by atoms with E-state index in [-0.39, 0.29) is 0 Å². The van der Waals surface area contributed by atoms with Crippen LogP contribution in [0.15, 0.2) is 115 Å². The van der Waals surface area contributed by atoms with E-state index in [1.54, 1.807) is 0 Å². The summed E-state index contributed by atoms with van der Waals surface area (Å²) in [6, 6.07) is 25.1. The average Bonchev–Trinajstić information content (AvgIpc) is 2.92. The molecule has 0 saturated heterocycles. The van der Waals surface area contributed by atoms with Gasteiger partial charge in [-0.1, -0.05) is 73.7 Å². The zero-order chi connectivity index (χ0) is 26.6. The van der Waals surface area contributed by atoms with Gasteiger partial charge in [0.2, 0.25) is 0 Å². The Bertz CT molecular complexity index is 1590. The van der Waals surface area contributed by atoms with E-state index in [0.717, 1.165) is 29.2 Å². The molecule has 2 heterocycles. The summed E-state index contributed by atoms with van der Waals surface area (Å²) in [7, 11) is 0. The number of benzene rings is 3. The van der Waals surface area contributed by atoms with Crippen LogP contribution in [0.1, 0.15) is 37.1 Å². The summed E-state index contributed by atoms with van der Waals surface area (Å²) in [5.74, 6) is 0. The van der Waals surface area contributed by atoms with Crippen molar-refractivity contribution in [2.75, 3.05) is 16.8 Å². The third kappa shape index (κ3) is 5.29. The molecular formula is C34H32ClN3. The van der Waals surface area contributed by atoms with Gasteiger partial charge >= 0.3 is 0 Å². The topological polar surface area (TPSA) is 28.2 Å². The first kappa shape index (κ1) is 25.6. The van der Waals surface area contributed by atoms with E-state index < -0.39 is 0 Å². The summed E-state index contributed by atoms with van der Waals surface area (Å²) in [5, 5.41) is 6.62. The first-order valence-electron chi connectivity index (χ1n) is 13.0. The molecule has 1 aliphatic heterocycles. The lowest BCUT2D eigenvalue weighted by atomic mass is 9.85. The standard InChI is InChI=1S/C34H32ClN3/c1-5-9-31-32-18-23(3)36-20-34(32)38(21-24(4)37-29-16-14-28(35)15-17-29)22-33(31)30(6-2)27-13-12-25-10-7-8-11-26(25)19-27/h6-20,22,37H,4-5,21H2,1-3H3/b30-6-,31-9?. The molecule has 0 fully saturated rings. The summed E-state index contributed by atoms with van der Waals surface area (Å²) in [4.78, 5) is 6.89. The molecule has 38 heavy (non-hydrogen) atoms. The molecule has 0 atom stereocenters. The van der Waals surface area contributed by atoms with E-state index in [2.05, 4.69) is 103 Å². The summed E-state index contributed by atoms with van der Waals surface area (Å²) in [5.41, 5.74) is 9.94. The van der Waals surface area contributed by atoms with Crippen LogP contribution in [0.5, 0.6) is 0 Å². The van der Waals surface area contributed by atoms with Crippen LogP contribution in [0.3, 0.4) is 0 Å². The van der Waals surface area contributed by atoms with Crippen LogP contribution in [-0.4, -0.2) is 11.5 Å². The Labute approximate surface area is 230 Å². The highest BCUT2D eigenvalue weighted by Gasteiger charge is 2.25. The molecule has 0 amide bonds. The lowest BCUT2D eigenvalue weighted by molar-refractivity contribution is 1.00. The highest BCUT2D eigenvalue weighted by Crippen LogP contribution is 2.43. The van der Waals surface area contributed by atoms with E-state index in [4.69, 9.17) is 11.6 Å². The van der Waals surface area contributed by atoms with Crippen molar-refractivity contribution >= 4 is 44.9 Å². The number of nitrogens with one attached hydrogen (secondary N) is 1. The molecular weight excluding hydrogens is 486 g/mol. The molecule has 0 spiro atoms.